The third-order valence-corrected chi connectivity index (χ3v) is 2.42. The summed E-state index contributed by atoms with van der Waals surface area (Å²) in [6, 6.07) is 8.66. The van der Waals surface area contributed by atoms with Crippen LogP contribution in [0.15, 0.2) is 24.4 Å². The molecule has 2 rings (SSSR count). The zero-order valence-electron chi connectivity index (χ0n) is 10.6. The lowest BCUT2D eigenvalue weighted by molar-refractivity contribution is 0.0544. The van der Waals surface area contributed by atoms with Crippen LogP contribution < -0.4 is 0 Å². The summed E-state index contributed by atoms with van der Waals surface area (Å²) in [5.74, 6) is 0. The van der Waals surface area contributed by atoms with Gasteiger partial charge < -0.3 is 4.74 Å². The highest BCUT2D eigenvalue weighted by Gasteiger charge is 2.19. The summed E-state index contributed by atoms with van der Waals surface area (Å²) in [7, 11) is 0. The maximum atomic E-state index is 12.0. The van der Waals surface area contributed by atoms with Crippen LogP contribution in [0.2, 0.25) is 0 Å². The van der Waals surface area contributed by atoms with Gasteiger partial charge in [-0.3, -0.25) is 4.57 Å². The first kappa shape index (κ1) is 11.7. The predicted octanol–water partition coefficient (Wildman–Crippen LogP) is 3.53. The summed E-state index contributed by atoms with van der Waals surface area (Å²) in [6.45, 7) is 7.53. The number of benzene rings is 1. The Bertz CT molecular complexity index is 561. The number of ether oxygens (including phenoxy) is 1. The second-order valence-corrected chi connectivity index (χ2v) is 5.11. The van der Waals surface area contributed by atoms with Gasteiger partial charge in [0.2, 0.25) is 0 Å². The van der Waals surface area contributed by atoms with E-state index in [0.717, 1.165) is 16.5 Å². The maximum Gasteiger partial charge on any atom is 0.418 e. The largest absolute Gasteiger partial charge is 0.443 e. The molecule has 0 amide bonds. The quantitative estimate of drug-likeness (QED) is 0.693. The highest BCUT2D eigenvalue weighted by molar-refractivity contribution is 5.91. The number of hydrogen-bond acceptors (Lipinski definition) is 2. The summed E-state index contributed by atoms with van der Waals surface area (Å²) < 4.78 is 6.90. The van der Waals surface area contributed by atoms with Gasteiger partial charge in [0.05, 0.1) is 5.52 Å². The Morgan fingerprint density at radius 3 is 2.71 bits per heavy atom. The van der Waals surface area contributed by atoms with E-state index >= 15 is 0 Å². The molecule has 0 bridgehead atoms. The van der Waals surface area contributed by atoms with Gasteiger partial charge in [-0.15, -0.1) is 0 Å². The van der Waals surface area contributed by atoms with Crippen molar-refractivity contribution in [3.63, 3.8) is 0 Å². The smallest absolute Gasteiger partial charge is 0.418 e. The highest BCUT2D eigenvalue weighted by Crippen LogP contribution is 2.20. The van der Waals surface area contributed by atoms with Crippen LogP contribution in [-0.4, -0.2) is 16.3 Å². The van der Waals surface area contributed by atoms with Crippen molar-refractivity contribution in [2.45, 2.75) is 33.3 Å². The summed E-state index contributed by atoms with van der Waals surface area (Å²) >= 11 is 0. The lowest BCUT2D eigenvalue weighted by Crippen LogP contribution is -2.26. The second-order valence-electron chi connectivity index (χ2n) is 5.11. The molecule has 0 aliphatic carbocycles. The van der Waals surface area contributed by atoms with Crippen molar-refractivity contribution in [3.8, 4) is 0 Å². The fourth-order valence-electron chi connectivity index (χ4n) is 1.77. The molecule has 0 saturated heterocycles. The Balaban J connectivity index is 2.46. The topological polar surface area (TPSA) is 31.2 Å². The first-order valence-corrected chi connectivity index (χ1v) is 5.59. The fourth-order valence-corrected chi connectivity index (χ4v) is 1.77. The van der Waals surface area contributed by atoms with Crippen LogP contribution in [0.4, 0.5) is 4.79 Å². The number of aryl methyl sites for hydroxylation is 1. The minimum absolute atomic E-state index is 0.346. The maximum absolute atomic E-state index is 12.0. The first-order chi connectivity index (χ1) is 7.88. The van der Waals surface area contributed by atoms with Gasteiger partial charge >= 0.3 is 6.09 Å². The molecule has 0 saturated carbocycles. The molecule has 1 aromatic heterocycles. The highest BCUT2D eigenvalue weighted by atomic mass is 16.6. The lowest BCUT2D eigenvalue weighted by atomic mass is 10.2. The molecule has 0 aliphatic heterocycles. The van der Waals surface area contributed by atoms with Crippen molar-refractivity contribution in [3.05, 3.63) is 36.0 Å². The number of aromatic nitrogens is 1. The van der Waals surface area contributed by atoms with E-state index in [0.29, 0.717) is 0 Å². The Morgan fingerprint density at radius 1 is 1.35 bits per heavy atom. The number of hydrogen-bond donors (Lipinski definition) is 0. The normalized spacial score (nSPS) is 11.8. The van der Waals surface area contributed by atoms with E-state index in [1.165, 1.54) is 0 Å². The van der Waals surface area contributed by atoms with Crippen molar-refractivity contribution < 1.29 is 9.53 Å². The van der Waals surface area contributed by atoms with Crippen LogP contribution in [0.25, 0.3) is 10.9 Å². The van der Waals surface area contributed by atoms with E-state index in [2.05, 4.69) is 6.07 Å². The van der Waals surface area contributed by atoms with E-state index < -0.39 is 5.60 Å². The number of rotatable bonds is 0. The zero-order chi connectivity index (χ0) is 12.6. The van der Waals surface area contributed by atoms with Gasteiger partial charge in [0.25, 0.3) is 0 Å². The molecule has 0 spiro atoms. The molecule has 1 aromatic carbocycles. The molecule has 17 heavy (non-hydrogen) atoms. The monoisotopic (exact) mass is 230 g/mol. The molecule has 0 atom stereocenters. The number of nitrogens with zero attached hydrogens (tertiary/aromatic N) is 1. The van der Waals surface area contributed by atoms with E-state index in [4.69, 9.17) is 4.74 Å². The Kier molecular flexibility index (Phi) is 2.69. The van der Waals surface area contributed by atoms with E-state index in [1.54, 1.807) is 10.8 Å². The molecule has 1 heterocycles. The molecule has 0 unspecified atom stereocenters. The molecular formula is C14H16NO2. The molecule has 3 heteroatoms. The molecule has 0 N–H and O–H groups in total. The van der Waals surface area contributed by atoms with Gasteiger partial charge in [-0.1, -0.05) is 0 Å². The van der Waals surface area contributed by atoms with Gasteiger partial charge in [0.15, 0.2) is 0 Å². The van der Waals surface area contributed by atoms with Gasteiger partial charge in [-0.2, -0.15) is 0 Å². The Morgan fingerprint density at radius 2 is 2.06 bits per heavy atom. The Labute approximate surface area is 101 Å². The summed E-state index contributed by atoms with van der Waals surface area (Å²) in [5.41, 5.74) is 1.42. The number of carbonyl (C=O) groups is 1. The van der Waals surface area contributed by atoms with Crippen LogP contribution >= 0.6 is 0 Å². The third-order valence-electron chi connectivity index (χ3n) is 2.42. The van der Waals surface area contributed by atoms with Gasteiger partial charge in [0, 0.05) is 11.6 Å². The summed E-state index contributed by atoms with van der Waals surface area (Å²) in [5, 5.41) is 0.996. The minimum atomic E-state index is -0.484. The van der Waals surface area contributed by atoms with E-state index in [-0.39, 0.29) is 6.09 Å². The predicted molar refractivity (Wildman–Crippen MR) is 67.1 cm³/mol. The van der Waals surface area contributed by atoms with E-state index in [9.17, 15) is 4.79 Å². The third kappa shape index (κ3) is 2.33. The van der Waals surface area contributed by atoms with Crippen LogP contribution in [0.5, 0.6) is 0 Å². The van der Waals surface area contributed by atoms with Gasteiger partial charge in [0.1, 0.15) is 5.60 Å². The van der Waals surface area contributed by atoms with Crippen LogP contribution in [0.3, 0.4) is 0 Å². The van der Waals surface area contributed by atoms with Crippen LogP contribution in [0, 0.1) is 13.0 Å². The van der Waals surface area contributed by atoms with Crippen molar-refractivity contribution >= 4 is 17.0 Å². The standard InChI is InChI=1S/C14H16NO2/c1-10-6-5-7-11-8-9-15(12(10)11)13(16)17-14(2,3)4/h6-9H,1-4H3. The molecule has 2 aromatic rings. The minimum Gasteiger partial charge on any atom is -0.443 e. The number of fused-ring (bicyclic) bond motifs is 1. The van der Waals surface area contributed by atoms with E-state index in [1.807, 2.05) is 45.9 Å². The van der Waals surface area contributed by atoms with Crippen molar-refractivity contribution in [1.29, 1.82) is 0 Å². The van der Waals surface area contributed by atoms with Crippen molar-refractivity contribution in [1.82, 2.24) is 4.57 Å². The van der Waals surface area contributed by atoms with Crippen molar-refractivity contribution in [2.75, 3.05) is 0 Å². The van der Waals surface area contributed by atoms with Crippen LogP contribution in [-0.2, 0) is 4.74 Å². The molecule has 89 valence electrons. The molecular weight excluding hydrogens is 214 g/mol. The molecule has 0 aliphatic rings. The summed E-state index contributed by atoms with van der Waals surface area (Å²) in [6.07, 6.45) is 1.39. The van der Waals surface area contributed by atoms with Crippen molar-refractivity contribution in [2.24, 2.45) is 0 Å². The SMILES string of the molecule is Cc1c[c]cc2ccn(C(=O)OC(C)(C)C)c12. The van der Waals surface area contributed by atoms with Crippen LogP contribution in [0.1, 0.15) is 26.3 Å². The van der Waals surface area contributed by atoms with Gasteiger partial charge in [-0.05, 0) is 57.5 Å². The lowest BCUT2D eigenvalue weighted by Gasteiger charge is -2.20. The molecule has 1 radical (unpaired) electrons. The average Bonchev–Trinajstić information content (AvgIpc) is 2.60. The summed E-state index contributed by atoms with van der Waals surface area (Å²) in [4.78, 5) is 12.0. The van der Waals surface area contributed by atoms with Gasteiger partial charge in [-0.25, -0.2) is 4.79 Å². The zero-order valence-corrected chi connectivity index (χ0v) is 10.6. The fraction of sp³-hybridized carbons (Fsp3) is 0.357. The average molecular weight is 230 g/mol. The molecule has 3 nitrogen and oxygen atoms in total. The molecule has 0 fully saturated rings. The Hall–Kier alpha value is -1.77. The number of carbonyl (C=O) groups excluding carboxylic acids is 1. The second kappa shape index (κ2) is 3.91. The first-order valence-electron chi connectivity index (χ1n) is 5.59.